The molecule has 0 spiro atoms. The molecule has 2 nitrogen and oxygen atoms in total. The zero-order valence-electron chi connectivity index (χ0n) is 6.92. The molecule has 0 radical (unpaired) electrons. The number of aliphatic hydroxyl groups is 1. The molecule has 0 fully saturated rings. The Hall–Kier alpha value is -0.0200. The molecule has 1 rings (SSSR count). The zero-order chi connectivity index (χ0) is 8.16. The van der Waals surface area contributed by atoms with Gasteiger partial charge < -0.3 is 5.11 Å². The highest BCUT2D eigenvalue weighted by molar-refractivity contribution is 8.12. The van der Waals surface area contributed by atoms with Crippen molar-refractivity contribution < 1.29 is 5.11 Å². The molecule has 0 saturated heterocycles. The van der Waals surface area contributed by atoms with Gasteiger partial charge in [-0.1, -0.05) is 19.8 Å². The Kier molecular flexibility index (Phi) is 3.40. The number of hydrogen-bond acceptors (Lipinski definition) is 3. The summed E-state index contributed by atoms with van der Waals surface area (Å²) in [6.07, 6.45) is 4.31. The highest BCUT2D eigenvalue weighted by atomic mass is 32.2. The molecule has 11 heavy (non-hydrogen) atoms. The van der Waals surface area contributed by atoms with Crippen LogP contribution in [-0.2, 0) is 0 Å². The van der Waals surface area contributed by atoms with Gasteiger partial charge in [0, 0.05) is 5.75 Å². The maximum Gasteiger partial charge on any atom is 0.165 e. The predicted molar refractivity (Wildman–Crippen MR) is 50.0 cm³/mol. The number of aliphatic imine (C=N–C) groups is 1. The third-order valence-corrected chi connectivity index (χ3v) is 2.75. The van der Waals surface area contributed by atoms with Gasteiger partial charge in [-0.15, -0.1) is 11.8 Å². The lowest BCUT2D eigenvalue weighted by molar-refractivity contribution is 0.0659. The SMILES string of the molecule is CCCCCC1(O)CSC=N1. The van der Waals surface area contributed by atoms with E-state index in [0.717, 1.165) is 18.6 Å². The lowest BCUT2D eigenvalue weighted by Gasteiger charge is -2.17. The molecule has 1 aliphatic heterocycles. The topological polar surface area (TPSA) is 32.6 Å². The normalized spacial score (nSPS) is 29.6. The Bertz CT molecular complexity index is 149. The molecule has 1 N–H and O–H groups in total. The van der Waals surface area contributed by atoms with Crippen molar-refractivity contribution in [1.82, 2.24) is 0 Å². The lowest BCUT2D eigenvalue weighted by Crippen LogP contribution is -2.25. The largest absolute Gasteiger partial charge is 0.368 e. The summed E-state index contributed by atoms with van der Waals surface area (Å²) in [6, 6.07) is 0. The van der Waals surface area contributed by atoms with E-state index in [1.165, 1.54) is 12.8 Å². The van der Waals surface area contributed by atoms with Crippen LogP contribution in [0.2, 0.25) is 0 Å². The van der Waals surface area contributed by atoms with Crippen LogP contribution in [0, 0.1) is 0 Å². The summed E-state index contributed by atoms with van der Waals surface area (Å²) >= 11 is 1.60. The van der Waals surface area contributed by atoms with Crippen molar-refractivity contribution in [3.05, 3.63) is 0 Å². The first kappa shape index (κ1) is 9.07. The molecule has 1 aliphatic rings. The number of nitrogens with zero attached hydrogens (tertiary/aromatic N) is 1. The average Bonchev–Trinajstić information content (AvgIpc) is 2.38. The van der Waals surface area contributed by atoms with Gasteiger partial charge in [-0.2, -0.15) is 0 Å². The Morgan fingerprint density at radius 3 is 3.00 bits per heavy atom. The van der Waals surface area contributed by atoms with Crippen LogP contribution in [0.25, 0.3) is 0 Å². The van der Waals surface area contributed by atoms with E-state index in [2.05, 4.69) is 11.9 Å². The Morgan fingerprint density at radius 2 is 2.45 bits per heavy atom. The van der Waals surface area contributed by atoms with E-state index >= 15 is 0 Å². The maximum absolute atomic E-state index is 9.70. The third kappa shape index (κ3) is 2.83. The minimum atomic E-state index is -0.722. The lowest BCUT2D eigenvalue weighted by atomic mass is 10.1. The molecule has 64 valence electrons. The number of unbranched alkanes of at least 4 members (excludes halogenated alkanes) is 2. The van der Waals surface area contributed by atoms with Crippen LogP contribution in [0.4, 0.5) is 0 Å². The summed E-state index contributed by atoms with van der Waals surface area (Å²) < 4.78 is 0. The van der Waals surface area contributed by atoms with Crippen LogP contribution in [-0.4, -0.2) is 22.1 Å². The molecule has 0 aromatic rings. The van der Waals surface area contributed by atoms with Crippen LogP contribution < -0.4 is 0 Å². The summed E-state index contributed by atoms with van der Waals surface area (Å²) in [6.45, 7) is 2.16. The minimum absolute atomic E-state index is 0.722. The molecule has 0 aliphatic carbocycles. The number of rotatable bonds is 4. The second-order valence-corrected chi connectivity index (χ2v) is 3.82. The van der Waals surface area contributed by atoms with E-state index < -0.39 is 5.72 Å². The predicted octanol–water partition coefficient (Wildman–Crippen LogP) is 2.03. The first-order chi connectivity index (χ1) is 5.27. The van der Waals surface area contributed by atoms with Crippen molar-refractivity contribution in [2.75, 3.05) is 5.75 Å². The minimum Gasteiger partial charge on any atom is -0.368 e. The van der Waals surface area contributed by atoms with E-state index in [1.807, 2.05) is 0 Å². The van der Waals surface area contributed by atoms with Crippen molar-refractivity contribution in [3.63, 3.8) is 0 Å². The van der Waals surface area contributed by atoms with Gasteiger partial charge in [0.2, 0.25) is 0 Å². The maximum atomic E-state index is 9.70. The van der Waals surface area contributed by atoms with Crippen LogP contribution >= 0.6 is 11.8 Å². The van der Waals surface area contributed by atoms with Gasteiger partial charge in [-0.05, 0) is 12.8 Å². The first-order valence-electron chi connectivity index (χ1n) is 4.14. The van der Waals surface area contributed by atoms with Gasteiger partial charge in [0.25, 0.3) is 0 Å². The van der Waals surface area contributed by atoms with Crippen LogP contribution in [0.3, 0.4) is 0 Å². The van der Waals surface area contributed by atoms with Crippen molar-refractivity contribution >= 4 is 17.3 Å². The third-order valence-electron chi connectivity index (χ3n) is 1.86. The fraction of sp³-hybridized carbons (Fsp3) is 0.875. The molecule has 0 bridgehead atoms. The van der Waals surface area contributed by atoms with Gasteiger partial charge in [0.1, 0.15) is 0 Å². The fourth-order valence-corrected chi connectivity index (χ4v) is 1.97. The monoisotopic (exact) mass is 173 g/mol. The highest BCUT2D eigenvalue weighted by Crippen LogP contribution is 2.26. The summed E-state index contributed by atoms with van der Waals surface area (Å²) in [5.74, 6) is 0.747. The van der Waals surface area contributed by atoms with Crippen molar-refractivity contribution in [3.8, 4) is 0 Å². The molecule has 0 amide bonds. The Labute approximate surface area is 72.1 Å². The van der Waals surface area contributed by atoms with Crippen molar-refractivity contribution in [2.24, 2.45) is 4.99 Å². The standard InChI is InChI=1S/C8H15NOS/c1-2-3-4-5-8(10)6-11-7-9-8/h7,10H,2-6H2,1H3. The number of hydrogen-bond donors (Lipinski definition) is 1. The second-order valence-electron chi connectivity index (χ2n) is 2.99. The molecular weight excluding hydrogens is 158 g/mol. The van der Waals surface area contributed by atoms with E-state index in [1.54, 1.807) is 17.3 Å². The zero-order valence-corrected chi connectivity index (χ0v) is 7.73. The van der Waals surface area contributed by atoms with Crippen LogP contribution in [0.1, 0.15) is 32.6 Å². The molecular formula is C8H15NOS. The molecule has 0 aromatic carbocycles. The molecule has 1 heterocycles. The quantitative estimate of drug-likeness (QED) is 0.660. The molecule has 1 unspecified atom stereocenters. The highest BCUT2D eigenvalue weighted by Gasteiger charge is 2.27. The number of thioether (sulfide) groups is 1. The Morgan fingerprint density at radius 1 is 1.64 bits per heavy atom. The van der Waals surface area contributed by atoms with Crippen LogP contribution in [0.15, 0.2) is 4.99 Å². The van der Waals surface area contributed by atoms with Gasteiger partial charge >= 0.3 is 0 Å². The molecule has 0 saturated carbocycles. The summed E-state index contributed by atoms with van der Waals surface area (Å²) in [7, 11) is 0. The second kappa shape index (κ2) is 4.12. The summed E-state index contributed by atoms with van der Waals surface area (Å²) in [4.78, 5) is 4.03. The van der Waals surface area contributed by atoms with Crippen LogP contribution in [0.5, 0.6) is 0 Å². The fourth-order valence-electron chi connectivity index (χ4n) is 1.14. The van der Waals surface area contributed by atoms with Gasteiger partial charge in [0.15, 0.2) is 5.72 Å². The molecule has 3 heteroatoms. The average molecular weight is 173 g/mol. The Balaban J connectivity index is 2.18. The van der Waals surface area contributed by atoms with Gasteiger partial charge in [-0.25, -0.2) is 0 Å². The van der Waals surface area contributed by atoms with E-state index in [9.17, 15) is 5.11 Å². The molecule has 0 aromatic heterocycles. The summed E-state index contributed by atoms with van der Waals surface area (Å²) in [5.41, 5.74) is 1.03. The van der Waals surface area contributed by atoms with Crippen molar-refractivity contribution in [1.29, 1.82) is 0 Å². The summed E-state index contributed by atoms with van der Waals surface area (Å²) in [5, 5.41) is 9.70. The van der Waals surface area contributed by atoms with E-state index in [4.69, 9.17) is 0 Å². The molecule has 1 atom stereocenters. The first-order valence-corrected chi connectivity index (χ1v) is 5.19. The van der Waals surface area contributed by atoms with Gasteiger partial charge in [-0.3, -0.25) is 4.99 Å². The smallest absolute Gasteiger partial charge is 0.165 e. The van der Waals surface area contributed by atoms with Crippen molar-refractivity contribution in [2.45, 2.75) is 38.3 Å². The van der Waals surface area contributed by atoms with E-state index in [0.29, 0.717) is 0 Å². The van der Waals surface area contributed by atoms with Gasteiger partial charge in [0.05, 0.1) is 5.55 Å². The van der Waals surface area contributed by atoms with E-state index in [-0.39, 0.29) is 0 Å².